The van der Waals surface area contributed by atoms with Gasteiger partial charge in [-0.05, 0) is 54.8 Å². The van der Waals surface area contributed by atoms with Crippen molar-refractivity contribution < 1.29 is 4.39 Å². The largest absolute Gasteiger partial charge is 0.353 e. The Hall–Kier alpha value is -3.71. The van der Waals surface area contributed by atoms with E-state index in [1.165, 1.54) is 12.1 Å². The first-order valence-electron chi connectivity index (χ1n) is 11.8. The molecule has 7 heteroatoms. The van der Waals surface area contributed by atoms with Crippen LogP contribution in [0.25, 0.3) is 22.1 Å². The number of hydrogen-bond donors (Lipinski definition) is 2. The van der Waals surface area contributed by atoms with Gasteiger partial charge in [0, 0.05) is 19.1 Å². The molecule has 172 valence electrons. The molecule has 0 unspecified atom stereocenters. The predicted octanol–water partition coefficient (Wildman–Crippen LogP) is 5.18. The standard InChI is InChI=1S/C27H27FN6/c28-20-11-9-19(10-12-20)17-34-25-8-4-3-7-24(25)32-27(34)29-21-13-15-33(16-14-21)18-26-30-22-5-1-2-6-23(22)31-26/h1-12,21H,13-18H2,(H,29,32)(H,30,31). The molecule has 1 aliphatic rings. The van der Waals surface area contributed by atoms with Crippen LogP contribution in [-0.2, 0) is 13.1 Å². The number of piperidine rings is 1. The second kappa shape index (κ2) is 8.91. The van der Waals surface area contributed by atoms with Crippen molar-refractivity contribution in [3.63, 3.8) is 0 Å². The van der Waals surface area contributed by atoms with Gasteiger partial charge in [0.15, 0.2) is 0 Å². The van der Waals surface area contributed by atoms with Gasteiger partial charge in [-0.1, -0.05) is 36.4 Å². The number of aromatic nitrogens is 4. The Labute approximate surface area is 197 Å². The van der Waals surface area contributed by atoms with Gasteiger partial charge >= 0.3 is 0 Å². The van der Waals surface area contributed by atoms with Crippen LogP contribution in [0, 0.1) is 5.82 Å². The second-order valence-electron chi connectivity index (χ2n) is 9.03. The minimum Gasteiger partial charge on any atom is -0.353 e. The molecule has 0 spiro atoms. The number of hydrogen-bond acceptors (Lipinski definition) is 4. The summed E-state index contributed by atoms with van der Waals surface area (Å²) in [5.41, 5.74) is 5.21. The van der Waals surface area contributed by atoms with Crippen molar-refractivity contribution in [3.8, 4) is 0 Å². The molecule has 2 aromatic heterocycles. The van der Waals surface area contributed by atoms with Crippen molar-refractivity contribution in [3.05, 3.63) is 90.0 Å². The molecule has 0 radical (unpaired) electrons. The zero-order chi connectivity index (χ0) is 22.9. The van der Waals surface area contributed by atoms with Crippen molar-refractivity contribution in [2.45, 2.75) is 32.0 Å². The summed E-state index contributed by atoms with van der Waals surface area (Å²) in [6, 6.07) is 23.4. The maximum absolute atomic E-state index is 13.4. The van der Waals surface area contributed by atoms with Gasteiger partial charge in [-0.25, -0.2) is 14.4 Å². The molecule has 0 saturated carbocycles. The number of fused-ring (bicyclic) bond motifs is 2. The summed E-state index contributed by atoms with van der Waals surface area (Å²) in [7, 11) is 0. The number of nitrogens with one attached hydrogen (secondary N) is 2. The Bertz CT molecular complexity index is 1380. The third-order valence-corrected chi connectivity index (χ3v) is 6.64. The third-order valence-electron chi connectivity index (χ3n) is 6.64. The topological polar surface area (TPSA) is 61.8 Å². The van der Waals surface area contributed by atoms with E-state index in [1.54, 1.807) is 0 Å². The Kier molecular flexibility index (Phi) is 5.47. The summed E-state index contributed by atoms with van der Waals surface area (Å²) >= 11 is 0. The molecule has 6 nitrogen and oxygen atoms in total. The number of likely N-dealkylation sites (tertiary alicyclic amines) is 1. The van der Waals surface area contributed by atoms with Crippen molar-refractivity contribution in [1.82, 2.24) is 24.4 Å². The van der Waals surface area contributed by atoms with Crippen LogP contribution in [0.15, 0.2) is 72.8 Å². The number of imidazole rings is 2. The van der Waals surface area contributed by atoms with Gasteiger partial charge < -0.3 is 14.9 Å². The number of para-hydroxylation sites is 4. The summed E-state index contributed by atoms with van der Waals surface area (Å²) in [5, 5.41) is 3.70. The number of nitrogens with zero attached hydrogens (tertiary/aromatic N) is 4. The highest BCUT2D eigenvalue weighted by molar-refractivity contribution is 5.79. The first-order valence-corrected chi connectivity index (χ1v) is 11.8. The number of halogens is 1. The lowest BCUT2D eigenvalue weighted by molar-refractivity contribution is 0.207. The summed E-state index contributed by atoms with van der Waals surface area (Å²) < 4.78 is 15.6. The molecular formula is C27H27FN6. The number of H-pyrrole nitrogens is 1. The average molecular weight is 455 g/mol. The van der Waals surface area contributed by atoms with Crippen molar-refractivity contribution in [2.24, 2.45) is 0 Å². The number of rotatable bonds is 6. The molecule has 3 heterocycles. The first kappa shape index (κ1) is 20.9. The van der Waals surface area contributed by atoms with E-state index in [4.69, 9.17) is 9.97 Å². The molecular weight excluding hydrogens is 427 g/mol. The van der Waals surface area contributed by atoms with E-state index >= 15 is 0 Å². The third kappa shape index (κ3) is 4.26. The zero-order valence-electron chi connectivity index (χ0n) is 18.9. The Morgan fingerprint density at radius 2 is 1.59 bits per heavy atom. The van der Waals surface area contributed by atoms with E-state index in [0.29, 0.717) is 12.6 Å². The minimum absolute atomic E-state index is 0.216. The van der Waals surface area contributed by atoms with Crippen LogP contribution in [0.5, 0.6) is 0 Å². The fourth-order valence-electron chi connectivity index (χ4n) is 4.83. The zero-order valence-corrected chi connectivity index (χ0v) is 18.9. The molecule has 1 aliphatic heterocycles. The van der Waals surface area contributed by atoms with Crippen molar-refractivity contribution >= 4 is 28.0 Å². The van der Waals surface area contributed by atoms with Crippen LogP contribution in [0.2, 0.25) is 0 Å². The van der Waals surface area contributed by atoms with E-state index in [-0.39, 0.29) is 5.82 Å². The monoisotopic (exact) mass is 454 g/mol. The van der Waals surface area contributed by atoms with Crippen LogP contribution in [0.4, 0.5) is 10.3 Å². The molecule has 0 atom stereocenters. The van der Waals surface area contributed by atoms with Gasteiger partial charge in [-0.15, -0.1) is 0 Å². The fourth-order valence-corrected chi connectivity index (χ4v) is 4.83. The molecule has 5 aromatic rings. The Morgan fingerprint density at radius 1 is 0.853 bits per heavy atom. The predicted molar refractivity (Wildman–Crippen MR) is 133 cm³/mol. The summed E-state index contributed by atoms with van der Waals surface area (Å²) in [6.07, 6.45) is 2.08. The van der Waals surface area contributed by atoms with Crippen LogP contribution < -0.4 is 5.32 Å². The first-order chi connectivity index (χ1) is 16.7. The van der Waals surface area contributed by atoms with E-state index in [9.17, 15) is 4.39 Å². The molecule has 3 aromatic carbocycles. The van der Waals surface area contributed by atoms with E-state index < -0.39 is 0 Å². The van der Waals surface area contributed by atoms with Crippen LogP contribution >= 0.6 is 0 Å². The highest BCUT2D eigenvalue weighted by atomic mass is 19.1. The lowest BCUT2D eigenvalue weighted by Gasteiger charge is -2.32. The van der Waals surface area contributed by atoms with E-state index in [1.807, 2.05) is 48.5 Å². The lowest BCUT2D eigenvalue weighted by Crippen LogP contribution is -2.39. The molecule has 34 heavy (non-hydrogen) atoms. The Morgan fingerprint density at radius 3 is 2.38 bits per heavy atom. The highest BCUT2D eigenvalue weighted by Gasteiger charge is 2.22. The van der Waals surface area contributed by atoms with Gasteiger partial charge in [-0.3, -0.25) is 4.90 Å². The fraction of sp³-hybridized carbons (Fsp3) is 0.259. The quantitative estimate of drug-likeness (QED) is 0.371. The number of anilines is 1. The van der Waals surface area contributed by atoms with Gasteiger partial charge in [0.05, 0.1) is 35.2 Å². The number of benzene rings is 3. The number of aromatic amines is 1. The van der Waals surface area contributed by atoms with Crippen LogP contribution in [0.1, 0.15) is 24.2 Å². The SMILES string of the molecule is Fc1ccc(Cn2c(NC3CCN(Cc4nc5ccccc5[nH]4)CC3)nc3ccccc32)cc1. The molecule has 0 amide bonds. The van der Waals surface area contributed by atoms with Gasteiger partial charge in [-0.2, -0.15) is 0 Å². The normalized spacial score (nSPS) is 15.3. The van der Waals surface area contributed by atoms with Crippen molar-refractivity contribution in [1.29, 1.82) is 0 Å². The second-order valence-corrected chi connectivity index (χ2v) is 9.03. The summed E-state index contributed by atoms with van der Waals surface area (Å²) in [6.45, 7) is 3.50. The molecule has 6 rings (SSSR count). The van der Waals surface area contributed by atoms with Gasteiger partial charge in [0.25, 0.3) is 0 Å². The average Bonchev–Trinajstić information content (AvgIpc) is 3.42. The molecule has 0 bridgehead atoms. The molecule has 1 fully saturated rings. The van der Waals surface area contributed by atoms with Gasteiger partial charge in [0.1, 0.15) is 11.6 Å². The summed E-state index contributed by atoms with van der Waals surface area (Å²) in [5.74, 6) is 1.68. The lowest BCUT2D eigenvalue weighted by atomic mass is 10.1. The van der Waals surface area contributed by atoms with Crippen LogP contribution in [0.3, 0.4) is 0 Å². The van der Waals surface area contributed by atoms with E-state index in [0.717, 1.165) is 71.9 Å². The van der Waals surface area contributed by atoms with Crippen LogP contribution in [-0.4, -0.2) is 43.6 Å². The summed E-state index contributed by atoms with van der Waals surface area (Å²) in [4.78, 5) is 15.5. The smallest absolute Gasteiger partial charge is 0.204 e. The Balaban J connectivity index is 1.14. The molecule has 0 aliphatic carbocycles. The molecule has 2 N–H and O–H groups in total. The maximum Gasteiger partial charge on any atom is 0.204 e. The van der Waals surface area contributed by atoms with Crippen molar-refractivity contribution in [2.75, 3.05) is 18.4 Å². The van der Waals surface area contributed by atoms with E-state index in [2.05, 4.69) is 31.9 Å². The van der Waals surface area contributed by atoms with Gasteiger partial charge in [0.2, 0.25) is 5.95 Å². The highest BCUT2D eigenvalue weighted by Crippen LogP contribution is 2.24. The minimum atomic E-state index is -0.216. The maximum atomic E-state index is 13.4. The molecule has 1 saturated heterocycles.